The van der Waals surface area contributed by atoms with Crippen LogP contribution in [0.2, 0.25) is 0 Å². The van der Waals surface area contributed by atoms with Gasteiger partial charge in [0.1, 0.15) is 23.8 Å². The first-order valence-corrected chi connectivity index (χ1v) is 11.2. The third-order valence-electron chi connectivity index (χ3n) is 5.44. The van der Waals surface area contributed by atoms with Gasteiger partial charge in [-0.05, 0) is 55.5 Å². The van der Waals surface area contributed by atoms with Crippen LogP contribution >= 0.6 is 0 Å². The molecule has 1 aliphatic heterocycles. The van der Waals surface area contributed by atoms with Crippen molar-refractivity contribution in [3.05, 3.63) is 71.2 Å². The summed E-state index contributed by atoms with van der Waals surface area (Å²) in [5.74, 6) is 1.04. The van der Waals surface area contributed by atoms with E-state index in [4.69, 9.17) is 10.5 Å². The maximum Gasteiger partial charge on any atom is 0.251 e. The summed E-state index contributed by atoms with van der Waals surface area (Å²) < 4.78 is 5.26. The van der Waals surface area contributed by atoms with E-state index >= 15 is 0 Å². The minimum Gasteiger partial charge on any atom is -0.499 e. The molecule has 1 fully saturated rings. The average Bonchev–Trinajstić information content (AvgIpc) is 3.14. The number of nitrogens with zero attached hydrogens (tertiary/aromatic N) is 3. The number of amidine groups is 1. The zero-order valence-corrected chi connectivity index (χ0v) is 20.7. The van der Waals surface area contributed by atoms with Crippen LogP contribution in [0.4, 0.5) is 0 Å². The molecule has 0 spiro atoms. The minimum atomic E-state index is -0.540. The lowest BCUT2D eigenvalue weighted by atomic mass is 10.0. The number of nitrogens with one attached hydrogen (secondary N) is 1. The summed E-state index contributed by atoms with van der Waals surface area (Å²) in [5.41, 5.74) is 8.52. The number of aliphatic imine (C=N–C) groups is 2. The van der Waals surface area contributed by atoms with Crippen LogP contribution < -0.4 is 11.1 Å². The SMILES string of the molecule is C=C(/C=C\C(N=CN=C(C)N)=C(/C)OC)CN1CCC(NC(=O)c2ccc(C(C)C)cc2)C1=O. The maximum atomic E-state index is 12.8. The molecule has 182 valence electrons. The fourth-order valence-corrected chi connectivity index (χ4v) is 3.32. The largest absolute Gasteiger partial charge is 0.499 e. The molecule has 0 aliphatic carbocycles. The summed E-state index contributed by atoms with van der Waals surface area (Å²) in [6, 6.07) is 6.94. The van der Waals surface area contributed by atoms with Crippen molar-refractivity contribution in [2.75, 3.05) is 20.2 Å². The number of benzene rings is 1. The first kappa shape index (κ1) is 26.6. The number of carbonyl (C=O) groups excluding carboxylic acids is 2. The molecule has 1 aliphatic rings. The van der Waals surface area contributed by atoms with E-state index in [0.717, 1.165) is 11.1 Å². The van der Waals surface area contributed by atoms with Crippen molar-refractivity contribution < 1.29 is 14.3 Å². The lowest BCUT2D eigenvalue weighted by Gasteiger charge is -2.17. The van der Waals surface area contributed by atoms with Gasteiger partial charge in [0.15, 0.2) is 0 Å². The molecule has 0 saturated carbocycles. The monoisotopic (exact) mass is 465 g/mol. The summed E-state index contributed by atoms with van der Waals surface area (Å²) in [6.07, 6.45) is 5.44. The third-order valence-corrected chi connectivity index (χ3v) is 5.44. The molecule has 8 heteroatoms. The Morgan fingerprint density at radius 1 is 1.29 bits per heavy atom. The number of methoxy groups -OCH3 is 1. The van der Waals surface area contributed by atoms with Crippen molar-refractivity contribution in [1.82, 2.24) is 10.2 Å². The van der Waals surface area contributed by atoms with Crippen LogP contribution in [0.1, 0.15) is 56.0 Å². The zero-order chi connectivity index (χ0) is 25.3. The van der Waals surface area contributed by atoms with Gasteiger partial charge in [-0.3, -0.25) is 9.59 Å². The van der Waals surface area contributed by atoms with Crippen LogP contribution in [-0.4, -0.2) is 55.1 Å². The molecule has 1 saturated heterocycles. The molecule has 0 bridgehead atoms. The first-order chi connectivity index (χ1) is 16.1. The summed E-state index contributed by atoms with van der Waals surface area (Å²) in [6.45, 7) is 12.6. The van der Waals surface area contributed by atoms with E-state index in [9.17, 15) is 9.59 Å². The Bertz CT molecular complexity index is 1020. The van der Waals surface area contributed by atoms with Gasteiger partial charge in [-0.2, -0.15) is 0 Å². The van der Waals surface area contributed by atoms with Crippen LogP contribution in [0.5, 0.6) is 0 Å². The van der Waals surface area contributed by atoms with E-state index in [1.165, 1.54) is 6.34 Å². The van der Waals surface area contributed by atoms with Crippen LogP contribution in [0.3, 0.4) is 0 Å². The highest BCUT2D eigenvalue weighted by Crippen LogP contribution is 2.17. The molecular formula is C26H35N5O3. The lowest BCUT2D eigenvalue weighted by molar-refractivity contribution is -0.128. The highest BCUT2D eigenvalue weighted by molar-refractivity contribution is 5.98. The Kier molecular flexibility index (Phi) is 9.79. The van der Waals surface area contributed by atoms with Crippen LogP contribution in [-0.2, 0) is 9.53 Å². The Balaban J connectivity index is 1.96. The number of amides is 2. The van der Waals surface area contributed by atoms with Gasteiger partial charge in [0.05, 0.1) is 12.9 Å². The van der Waals surface area contributed by atoms with Gasteiger partial charge in [-0.15, -0.1) is 0 Å². The molecule has 1 atom stereocenters. The highest BCUT2D eigenvalue weighted by atomic mass is 16.5. The molecule has 1 heterocycles. The molecule has 0 radical (unpaired) electrons. The van der Waals surface area contributed by atoms with Crippen molar-refractivity contribution in [2.45, 2.75) is 46.1 Å². The highest BCUT2D eigenvalue weighted by Gasteiger charge is 2.32. The summed E-state index contributed by atoms with van der Waals surface area (Å²) >= 11 is 0. The van der Waals surface area contributed by atoms with E-state index in [0.29, 0.717) is 48.3 Å². The second kappa shape index (κ2) is 12.5. The van der Waals surface area contributed by atoms with Crippen molar-refractivity contribution >= 4 is 24.0 Å². The molecule has 1 unspecified atom stereocenters. The number of likely N-dealkylation sites (tertiary alicyclic amines) is 1. The summed E-state index contributed by atoms with van der Waals surface area (Å²) in [7, 11) is 1.56. The van der Waals surface area contributed by atoms with Crippen molar-refractivity contribution in [3.8, 4) is 0 Å². The van der Waals surface area contributed by atoms with E-state index < -0.39 is 6.04 Å². The van der Waals surface area contributed by atoms with Gasteiger partial charge in [-0.1, -0.05) is 38.6 Å². The standard InChI is InChI=1S/C26H35N5O3/c1-17(2)21-8-10-22(11-9-21)25(32)30-24-13-14-31(26(24)33)15-18(3)7-12-23(19(4)34-6)29-16-28-20(5)27/h7-12,16-17,24H,3,13-15H2,1-2,4-6H3,(H,30,32)(H2,27,28,29)/b12-7-,23-19-. The van der Waals surface area contributed by atoms with E-state index in [-0.39, 0.29) is 11.8 Å². The maximum absolute atomic E-state index is 12.8. The average molecular weight is 466 g/mol. The number of nitrogens with two attached hydrogens (primary N) is 1. The molecule has 0 aromatic heterocycles. The first-order valence-electron chi connectivity index (χ1n) is 11.2. The predicted octanol–water partition coefficient (Wildman–Crippen LogP) is 3.54. The fraction of sp³-hybridized carbons (Fsp3) is 0.385. The topological polar surface area (TPSA) is 109 Å². The fourth-order valence-electron chi connectivity index (χ4n) is 3.32. The Morgan fingerprint density at radius 2 is 1.97 bits per heavy atom. The molecule has 1 aromatic rings. The molecule has 1 aromatic carbocycles. The number of ether oxygens (including phenoxy) is 1. The quantitative estimate of drug-likeness (QED) is 0.238. The van der Waals surface area contributed by atoms with Crippen molar-refractivity contribution in [3.63, 3.8) is 0 Å². The molecule has 34 heavy (non-hydrogen) atoms. The van der Waals surface area contributed by atoms with Gasteiger partial charge in [0, 0.05) is 18.7 Å². The van der Waals surface area contributed by atoms with Gasteiger partial charge >= 0.3 is 0 Å². The molecule has 3 N–H and O–H groups in total. The number of hydrogen-bond donors (Lipinski definition) is 2. The Labute approximate surface area is 202 Å². The van der Waals surface area contributed by atoms with Gasteiger partial charge in [-0.25, -0.2) is 9.98 Å². The van der Waals surface area contributed by atoms with Gasteiger partial charge in [0.25, 0.3) is 5.91 Å². The number of rotatable bonds is 10. The van der Waals surface area contributed by atoms with E-state index in [2.05, 4.69) is 35.7 Å². The normalized spacial score (nSPS) is 17.6. The number of allylic oxidation sites excluding steroid dienone is 2. The lowest BCUT2D eigenvalue weighted by Crippen LogP contribution is -2.41. The second-order valence-electron chi connectivity index (χ2n) is 8.50. The van der Waals surface area contributed by atoms with Crippen LogP contribution in [0.15, 0.2) is 70.0 Å². The Hall–Kier alpha value is -3.68. The molecular weight excluding hydrogens is 430 g/mol. The van der Waals surface area contributed by atoms with Crippen LogP contribution in [0, 0.1) is 0 Å². The number of hydrogen-bond acceptors (Lipinski definition) is 4. The molecule has 2 amide bonds. The smallest absolute Gasteiger partial charge is 0.251 e. The van der Waals surface area contributed by atoms with E-state index in [1.807, 2.05) is 12.1 Å². The van der Waals surface area contributed by atoms with E-state index in [1.54, 1.807) is 50.1 Å². The zero-order valence-electron chi connectivity index (χ0n) is 20.7. The minimum absolute atomic E-state index is 0.115. The predicted molar refractivity (Wildman–Crippen MR) is 137 cm³/mol. The van der Waals surface area contributed by atoms with Gasteiger partial charge < -0.3 is 20.7 Å². The second-order valence-corrected chi connectivity index (χ2v) is 8.50. The van der Waals surface area contributed by atoms with Crippen molar-refractivity contribution in [1.29, 1.82) is 0 Å². The van der Waals surface area contributed by atoms with Crippen LogP contribution in [0.25, 0.3) is 0 Å². The third kappa shape index (κ3) is 7.72. The van der Waals surface area contributed by atoms with Crippen molar-refractivity contribution in [2.24, 2.45) is 15.7 Å². The van der Waals surface area contributed by atoms with Gasteiger partial charge in [0.2, 0.25) is 5.91 Å². The Morgan fingerprint density at radius 3 is 2.56 bits per heavy atom. The summed E-state index contributed by atoms with van der Waals surface area (Å²) in [5, 5.41) is 2.86. The number of carbonyl (C=O) groups is 2. The molecule has 2 rings (SSSR count). The molecule has 8 nitrogen and oxygen atoms in total. The summed E-state index contributed by atoms with van der Waals surface area (Å²) in [4.78, 5) is 35.3.